The highest BCUT2D eigenvalue weighted by molar-refractivity contribution is 4.83. The summed E-state index contributed by atoms with van der Waals surface area (Å²) in [7, 11) is 0. The van der Waals surface area contributed by atoms with Gasteiger partial charge in [-0.1, -0.05) is 0 Å². The second-order valence-corrected chi connectivity index (χ2v) is 7.24. The van der Waals surface area contributed by atoms with Crippen molar-refractivity contribution >= 4 is 0 Å². The summed E-state index contributed by atoms with van der Waals surface area (Å²) in [4.78, 5) is 0. The van der Waals surface area contributed by atoms with Crippen molar-refractivity contribution in [2.24, 2.45) is 0 Å². The Labute approximate surface area is 136 Å². The zero-order chi connectivity index (χ0) is 16.9. The molecule has 0 saturated carbocycles. The number of hydrogen-bond acceptors (Lipinski definition) is 6. The van der Waals surface area contributed by atoms with Gasteiger partial charge in [0.1, 0.15) is 0 Å². The van der Waals surface area contributed by atoms with Crippen LogP contribution in [0.15, 0.2) is 0 Å². The van der Waals surface area contributed by atoms with Crippen LogP contribution < -0.4 is 21.3 Å². The fraction of sp³-hybridized carbons (Fsp3) is 1.00. The summed E-state index contributed by atoms with van der Waals surface area (Å²) >= 11 is 0. The highest BCUT2D eigenvalue weighted by atomic mass is 16.6. The normalized spacial score (nSPS) is 30.0. The molecule has 6 nitrogen and oxygen atoms in total. The summed E-state index contributed by atoms with van der Waals surface area (Å²) in [6, 6.07) is 1.28. The summed E-state index contributed by atoms with van der Waals surface area (Å²) < 4.78 is 12.5. The molecule has 4 N–H and O–H groups in total. The zero-order valence-electron chi connectivity index (χ0n) is 15.4. The predicted molar refractivity (Wildman–Crippen MR) is 90.4 cm³/mol. The first kappa shape index (κ1) is 19.8. The fourth-order valence-electron chi connectivity index (χ4n) is 2.42. The molecule has 22 heavy (non-hydrogen) atoms. The van der Waals surface area contributed by atoms with Crippen molar-refractivity contribution in [1.82, 2.24) is 21.3 Å². The second kappa shape index (κ2) is 9.15. The SMILES string of the molecule is CC(C)NC1OC(NC(C)C)C(NC(C)C)OC1NC(C)C. The summed E-state index contributed by atoms with van der Waals surface area (Å²) in [5.41, 5.74) is 0. The van der Waals surface area contributed by atoms with E-state index in [0.717, 1.165) is 0 Å². The monoisotopic (exact) mass is 316 g/mol. The van der Waals surface area contributed by atoms with Crippen molar-refractivity contribution < 1.29 is 9.47 Å². The molecule has 0 amide bonds. The third kappa shape index (κ3) is 6.89. The van der Waals surface area contributed by atoms with E-state index in [1.807, 2.05) is 0 Å². The average molecular weight is 316 g/mol. The summed E-state index contributed by atoms with van der Waals surface area (Å²) in [5, 5.41) is 13.7. The van der Waals surface area contributed by atoms with Crippen LogP contribution in [0.5, 0.6) is 0 Å². The van der Waals surface area contributed by atoms with E-state index in [1.54, 1.807) is 0 Å². The Morgan fingerprint density at radius 3 is 0.773 bits per heavy atom. The van der Waals surface area contributed by atoms with Gasteiger partial charge in [0, 0.05) is 24.2 Å². The van der Waals surface area contributed by atoms with E-state index in [-0.39, 0.29) is 24.9 Å². The van der Waals surface area contributed by atoms with Crippen molar-refractivity contribution in [2.75, 3.05) is 0 Å². The van der Waals surface area contributed by atoms with E-state index in [2.05, 4.69) is 76.7 Å². The molecule has 0 aromatic carbocycles. The molecule has 1 aliphatic rings. The standard InChI is InChI=1S/C16H36N4O2/c1-9(2)17-13-14(18-10(3)4)22-16(20-12(7)8)15(21-13)19-11(5)6/h9-20H,1-8H3. The number of nitrogens with one attached hydrogen (secondary N) is 4. The van der Waals surface area contributed by atoms with Gasteiger partial charge in [0.25, 0.3) is 0 Å². The lowest BCUT2D eigenvalue weighted by atomic mass is 10.2. The summed E-state index contributed by atoms with van der Waals surface area (Å²) in [6.07, 6.45) is -0.763. The van der Waals surface area contributed by atoms with Gasteiger partial charge in [-0.2, -0.15) is 0 Å². The highest BCUT2D eigenvalue weighted by Gasteiger charge is 2.39. The fourth-order valence-corrected chi connectivity index (χ4v) is 2.42. The molecule has 0 bridgehead atoms. The van der Waals surface area contributed by atoms with Crippen LogP contribution >= 0.6 is 0 Å². The molecule has 4 unspecified atom stereocenters. The number of ether oxygens (including phenoxy) is 2. The molecule has 132 valence electrons. The van der Waals surface area contributed by atoms with Gasteiger partial charge in [-0.05, 0) is 55.4 Å². The largest absolute Gasteiger partial charge is 0.337 e. The minimum atomic E-state index is -0.191. The summed E-state index contributed by atoms with van der Waals surface area (Å²) in [6.45, 7) is 16.9. The van der Waals surface area contributed by atoms with Gasteiger partial charge >= 0.3 is 0 Å². The average Bonchev–Trinajstić information content (AvgIpc) is 2.31. The molecule has 1 saturated heterocycles. The van der Waals surface area contributed by atoms with Crippen molar-refractivity contribution in [3.63, 3.8) is 0 Å². The first-order valence-corrected chi connectivity index (χ1v) is 8.54. The van der Waals surface area contributed by atoms with Crippen LogP contribution in [0.2, 0.25) is 0 Å². The maximum Gasteiger partial charge on any atom is 0.150 e. The molecule has 1 rings (SSSR count). The van der Waals surface area contributed by atoms with Crippen LogP contribution in [0.1, 0.15) is 55.4 Å². The second-order valence-electron chi connectivity index (χ2n) is 7.24. The predicted octanol–water partition coefficient (Wildman–Crippen LogP) is 1.33. The zero-order valence-corrected chi connectivity index (χ0v) is 15.4. The van der Waals surface area contributed by atoms with Gasteiger partial charge in [-0.3, -0.25) is 21.3 Å². The Balaban J connectivity index is 2.83. The lowest BCUT2D eigenvalue weighted by Crippen LogP contribution is -2.68. The molecule has 0 aliphatic carbocycles. The molecule has 4 atom stereocenters. The third-order valence-electron chi connectivity index (χ3n) is 3.13. The minimum absolute atomic E-state index is 0.191. The van der Waals surface area contributed by atoms with Gasteiger partial charge in [0.15, 0.2) is 24.9 Å². The first-order chi connectivity index (χ1) is 10.2. The quantitative estimate of drug-likeness (QED) is 0.542. The van der Waals surface area contributed by atoms with Crippen molar-refractivity contribution in [2.45, 2.75) is 104 Å². The molecule has 1 fully saturated rings. The smallest absolute Gasteiger partial charge is 0.150 e. The van der Waals surface area contributed by atoms with E-state index in [9.17, 15) is 0 Å². The topological polar surface area (TPSA) is 66.6 Å². The molecule has 1 heterocycles. The Kier molecular flexibility index (Phi) is 8.24. The van der Waals surface area contributed by atoms with Crippen LogP contribution in [0.4, 0.5) is 0 Å². The maximum atomic E-state index is 6.26. The first-order valence-electron chi connectivity index (χ1n) is 8.54. The highest BCUT2D eigenvalue weighted by Crippen LogP contribution is 2.17. The third-order valence-corrected chi connectivity index (χ3v) is 3.13. The molecule has 0 spiro atoms. The molecule has 6 heteroatoms. The van der Waals surface area contributed by atoms with E-state index >= 15 is 0 Å². The van der Waals surface area contributed by atoms with Crippen LogP contribution in [-0.2, 0) is 9.47 Å². The molecule has 0 radical (unpaired) electrons. The van der Waals surface area contributed by atoms with Gasteiger partial charge in [-0.25, -0.2) is 0 Å². The van der Waals surface area contributed by atoms with Crippen LogP contribution in [0.3, 0.4) is 0 Å². The van der Waals surface area contributed by atoms with Gasteiger partial charge < -0.3 is 9.47 Å². The van der Waals surface area contributed by atoms with E-state index < -0.39 is 0 Å². The molecular formula is C16H36N4O2. The minimum Gasteiger partial charge on any atom is -0.337 e. The molecule has 0 aromatic heterocycles. The van der Waals surface area contributed by atoms with Crippen molar-refractivity contribution in [1.29, 1.82) is 0 Å². The van der Waals surface area contributed by atoms with Crippen molar-refractivity contribution in [3.8, 4) is 0 Å². The Bertz CT molecular complexity index is 253. The van der Waals surface area contributed by atoms with E-state index in [4.69, 9.17) is 9.47 Å². The number of hydrogen-bond donors (Lipinski definition) is 4. The lowest BCUT2D eigenvalue weighted by Gasteiger charge is -2.45. The van der Waals surface area contributed by atoms with Gasteiger partial charge in [-0.15, -0.1) is 0 Å². The van der Waals surface area contributed by atoms with Crippen molar-refractivity contribution in [3.05, 3.63) is 0 Å². The van der Waals surface area contributed by atoms with E-state index in [1.165, 1.54) is 0 Å². The molecular weight excluding hydrogens is 280 g/mol. The lowest BCUT2D eigenvalue weighted by molar-refractivity contribution is -0.258. The Morgan fingerprint density at radius 2 is 0.636 bits per heavy atom. The maximum absolute atomic E-state index is 6.26. The Morgan fingerprint density at radius 1 is 0.455 bits per heavy atom. The molecule has 1 aliphatic heterocycles. The van der Waals surface area contributed by atoms with Crippen LogP contribution in [0.25, 0.3) is 0 Å². The summed E-state index contributed by atoms with van der Waals surface area (Å²) in [5.74, 6) is 0. The Hall–Kier alpha value is -0.240. The van der Waals surface area contributed by atoms with Gasteiger partial charge in [0.2, 0.25) is 0 Å². The molecule has 0 aromatic rings. The van der Waals surface area contributed by atoms with Gasteiger partial charge in [0.05, 0.1) is 0 Å². The van der Waals surface area contributed by atoms with Crippen LogP contribution in [-0.4, -0.2) is 49.1 Å². The van der Waals surface area contributed by atoms with E-state index in [0.29, 0.717) is 24.2 Å². The van der Waals surface area contributed by atoms with Crippen LogP contribution in [0, 0.1) is 0 Å². The number of rotatable bonds is 8.